The van der Waals surface area contributed by atoms with Crippen molar-refractivity contribution in [2.45, 2.75) is 83.4 Å². The number of piperidine rings is 2. The number of aryl methyl sites for hydroxylation is 3. The van der Waals surface area contributed by atoms with E-state index in [2.05, 4.69) is 93.1 Å². The van der Waals surface area contributed by atoms with Crippen LogP contribution in [0.2, 0.25) is 0 Å². The van der Waals surface area contributed by atoms with Crippen molar-refractivity contribution in [3.05, 3.63) is 83.2 Å². The van der Waals surface area contributed by atoms with Crippen LogP contribution < -0.4 is 25.1 Å². The first-order valence-corrected chi connectivity index (χ1v) is 19.5. The molecule has 54 heavy (non-hydrogen) atoms. The van der Waals surface area contributed by atoms with Crippen molar-refractivity contribution in [3.63, 3.8) is 0 Å². The third-order valence-corrected chi connectivity index (χ3v) is 12.2. The Balaban J connectivity index is 0.851. The van der Waals surface area contributed by atoms with Crippen LogP contribution in [0, 0.1) is 38.0 Å². The highest BCUT2D eigenvalue weighted by atomic mass is 17.0. The SMILES string of the molecule is Cc1ccc(-c2c(C)noc2C)cc1N(CC1CCN(C2CCN(c3ccc4c(c3)ON(C3CCONO3)O4)CC2)CC1)c1ccc(C2(C#N)CC2)cc1. The molecule has 1 unspecified atom stereocenters. The van der Waals surface area contributed by atoms with Gasteiger partial charge < -0.3 is 28.9 Å². The maximum Gasteiger partial charge on any atom is 0.208 e. The Morgan fingerprint density at radius 2 is 1.67 bits per heavy atom. The molecule has 5 aliphatic rings. The third-order valence-electron chi connectivity index (χ3n) is 12.2. The molecular weight excluding hydrogens is 683 g/mol. The number of rotatable bonds is 9. The molecule has 12 heteroatoms. The first-order chi connectivity index (χ1) is 26.4. The van der Waals surface area contributed by atoms with Crippen LogP contribution in [0.1, 0.15) is 67.5 Å². The molecule has 4 aliphatic heterocycles. The molecule has 1 atom stereocenters. The van der Waals surface area contributed by atoms with E-state index in [1.165, 1.54) is 35.0 Å². The van der Waals surface area contributed by atoms with Crippen LogP contribution in [0.4, 0.5) is 17.1 Å². The summed E-state index contributed by atoms with van der Waals surface area (Å²) in [6.45, 7) is 11.9. The van der Waals surface area contributed by atoms with E-state index in [9.17, 15) is 5.26 Å². The van der Waals surface area contributed by atoms with E-state index in [-0.39, 0.29) is 11.6 Å². The maximum absolute atomic E-state index is 9.84. The maximum atomic E-state index is 9.84. The average Bonchev–Trinajstić information content (AvgIpc) is 3.79. The molecule has 0 spiro atoms. The Labute approximate surface area is 316 Å². The van der Waals surface area contributed by atoms with Gasteiger partial charge in [-0.1, -0.05) is 35.1 Å². The number of anilines is 3. The summed E-state index contributed by atoms with van der Waals surface area (Å²) in [5.74, 6) is 2.80. The van der Waals surface area contributed by atoms with Gasteiger partial charge >= 0.3 is 0 Å². The quantitative estimate of drug-likeness (QED) is 0.185. The molecule has 4 aromatic rings. The van der Waals surface area contributed by atoms with E-state index in [1.54, 1.807) is 0 Å². The van der Waals surface area contributed by atoms with Crippen LogP contribution >= 0.6 is 0 Å². The van der Waals surface area contributed by atoms with E-state index < -0.39 is 0 Å². The Hall–Kier alpha value is -4.64. The zero-order valence-corrected chi connectivity index (χ0v) is 31.4. The number of nitrogens with zero attached hydrogens (tertiary/aromatic N) is 6. The molecule has 1 N–H and O–H groups in total. The predicted molar refractivity (Wildman–Crippen MR) is 204 cm³/mol. The third kappa shape index (κ3) is 6.80. The zero-order valence-electron chi connectivity index (χ0n) is 31.4. The van der Waals surface area contributed by atoms with Crippen LogP contribution in [0.3, 0.4) is 0 Å². The standard InChI is InChI=1S/C42H49N7O5/c1-28-4-5-32(41-29(2)44-51-30(41)3)24-37(28)48(35-8-6-33(7-9-35)42(27-43)17-18-42)26-31-12-19-46(20-13-31)34-14-21-47(22-15-34)36-10-11-38-39(25-36)54-49(53-38)40-16-23-50-45-52-40/h4-11,24-25,31,34,40,45H,12-23,26H2,1-3H3. The molecule has 5 heterocycles. The van der Waals surface area contributed by atoms with Gasteiger partial charge in [0.25, 0.3) is 0 Å². The van der Waals surface area contributed by atoms with Crippen LogP contribution in [-0.4, -0.2) is 66.9 Å². The summed E-state index contributed by atoms with van der Waals surface area (Å²) >= 11 is 0. The molecule has 3 saturated heterocycles. The van der Waals surface area contributed by atoms with Gasteiger partial charge in [-0.15, -0.1) is 0 Å². The number of benzene rings is 3. The van der Waals surface area contributed by atoms with Gasteiger partial charge in [-0.2, -0.15) is 5.26 Å². The molecule has 0 radical (unpaired) electrons. The summed E-state index contributed by atoms with van der Waals surface area (Å²) in [7, 11) is 0. The molecular formula is C42H49N7O5. The van der Waals surface area contributed by atoms with Crippen molar-refractivity contribution in [2.24, 2.45) is 5.92 Å². The van der Waals surface area contributed by atoms with E-state index in [4.69, 9.17) is 23.9 Å². The van der Waals surface area contributed by atoms with E-state index in [0.717, 1.165) is 92.2 Å². The van der Waals surface area contributed by atoms with E-state index >= 15 is 0 Å². The average molecular weight is 732 g/mol. The number of likely N-dealkylation sites (tertiary alicyclic amines) is 1. The summed E-state index contributed by atoms with van der Waals surface area (Å²) in [4.78, 5) is 30.0. The number of hydroxylamine groups is 2. The second kappa shape index (κ2) is 14.5. The van der Waals surface area contributed by atoms with Crippen molar-refractivity contribution in [1.82, 2.24) is 20.9 Å². The Bertz CT molecular complexity index is 1980. The highest BCUT2D eigenvalue weighted by Crippen LogP contribution is 2.48. The molecule has 12 nitrogen and oxygen atoms in total. The molecule has 0 bridgehead atoms. The first-order valence-electron chi connectivity index (χ1n) is 19.5. The molecule has 1 aliphatic carbocycles. The lowest BCUT2D eigenvalue weighted by molar-refractivity contribution is -0.376. The molecule has 0 amide bonds. The fourth-order valence-corrected chi connectivity index (χ4v) is 8.76. The molecule has 1 saturated carbocycles. The van der Waals surface area contributed by atoms with Crippen molar-refractivity contribution in [3.8, 4) is 28.7 Å². The Morgan fingerprint density at radius 3 is 2.35 bits per heavy atom. The van der Waals surface area contributed by atoms with Gasteiger partial charge in [0.1, 0.15) is 5.76 Å². The smallest absolute Gasteiger partial charge is 0.208 e. The van der Waals surface area contributed by atoms with Crippen LogP contribution in [0.5, 0.6) is 11.5 Å². The van der Waals surface area contributed by atoms with Gasteiger partial charge in [-0.05, 0) is 125 Å². The van der Waals surface area contributed by atoms with Crippen molar-refractivity contribution in [2.75, 3.05) is 49.1 Å². The monoisotopic (exact) mass is 731 g/mol. The number of nitriles is 1. The number of hydrogen-bond donors (Lipinski definition) is 1. The van der Waals surface area contributed by atoms with Gasteiger partial charge in [0.05, 0.1) is 29.0 Å². The molecule has 3 aromatic carbocycles. The van der Waals surface area contributed by atoms with Gasteiger partial charge in [0.15, 0.2) is 11.5 Å². The largest absolute Gasteiger partial charge is 0.371 e. The number of nitrogens with one attached hydrogen (secondary N) is 1. The summed E-state index contributed by atoms with van der Waals surface area (Å²) < 4.78 is 5.56. The topological polar surface area (TPSA) is 112 Å². The molecule has 282 valence electrons. The highest BCUT2D eigenvalue weighted by molar-refractivity contribution is 5.76. The van der Waals surface area contributed by atoms with E-state index in [1.807, 2.05) is 19.9 Å². The van der Waals surface area contributed by atoms with E-state index in [0.29, 0.717) is 36.5 Å². The fraction of sp³-hybridized carbons (Fsp3) is 0.476. The highest BCUT2D eigenvalue weighted by Gasteiger charge is 2.45. The van der Waals surface area contributed by atoms with Gasteiger partial charge in [-0.25, -0.2) is 0 Å². The predicted octanol–water partition coefficient (Wildman–Crippen LogP) is 7.43. The van der Waals surface area contributed by atoms with Crippen molar-refractivity contribution >= 4 is 17.1 Å². The molecule has 1 aromatic heterocycles. The molecule has 9 rings (SSSR count). The van der Waals surface area contributed by atoms with Crippen molar-refractivity contribution < 1.29 is 23.9 Å². The number of fused-ring (bicyclic) bond motifs is 1. The Morgan fingerprint density at radius 1 is 0.889 bits per heavy atom. The van der Waals surface area contributed by atoms with Gasteiger partial charge in [0.2, 0.25) is 6.23 Å². The summed E-state index contributed by atoms with van der Waals surface area (Å²) in [5.41, 5.74) is 11.2. The minimum atomic E-state index is -0.386. The summed E-state index contributed by atoms with van der Waals surface area (Å²) in [6.07, 6.45) is 6.76. The van der Waals surface area contributed by atoms with Gasteiger partial charge in [-0.3, -0.25) is 9.68 Å². The Kier molecular flexibility index (Phi) is 9.45. The zero-order chi connectivity index (χ0) is 36.8. The fourth-order valence-electron chi connectivity index (χ4n) is 8.76. The summed E-state index contributed by atoms with van der Waals surface area (Å²) in [5, 5.41) is 15.5. The first kappa shape index (κ1) is 35.1. The lowest BCUT2D eigenvalue weighted by Crippen LogP contribution is -2.48. The van der Waals surface area contributed by atoms with Crippen molar-refractivity contribution in [1.29, 1.82) is 5.26 Å². The minimum absolute atomic E-state index is 0.295. The second-order valence-electron chi connectivity index (χ2n) is 15.6. The van der Waals surface area contributed by atoms with Gasteiger partial charge in [0, 0.05) is 60.8 Å². The lowest BCUT2D eigenvalue weighted by atomic mass is 9.92. The second-order valence-corrected chi connectivity index (χ2v) is 15.6. The summed E-state index contributed by atoms with van der Waals surface area (Å²) in [6, 6.07) is 24.9. The number of aromatic nitrogens is 1. The van der Waals surface area contributed by atoms with Crippen LogP contribution in [-0.2, 0) is 15.1 Å². The normalized spacial score (nSPS) is 22.0. The minimum Gasteiger partial charge on any atom is -0.371 e. The number of hydrogen-bond acceptors (Lipinski definition) is 12. The lowest BCUT2D eigenvalue weighted by Gasteiger charge is -2.43. The van der Waals surface area contributed by atoms with Crippen LogP contribution in [0.15, 0.2) is 65.2 Å². The molecule has 4 fully saturated rings. The van der Waals surface area contributed by atoms with Crippen LogP contribution in [0.25, 0.3) is 11.1 Å².